The Labute approximate surface area is 121 Å². The van der Waals surface area contributed by atoms with E-state index < -0.39 is 17.4 Å². The molecule has 7 heteroatoms. The fraction of sp³-hybridized carbons (Fsp3) is 0.429. The largest absolute Gasteiger partial charge is 0.497 e. The average Bonchev–Trinajstić information content (AvgIpc) is 2.96. The second-order valence-corrected chi connectivity index (χ2v) is 4.71. The summed E-state index contributed by atoms with van der Waals surface area (Å²) < 4.78 is 15.3. The molecule has 1 aliphatic rings. The molecule has 0 spiro atoms. The Bertz CT molecular complexity index is 550. The molecular weight excluding hydrogens is 278 g/mol. The number of aliphatic carboxylic acids is 1. The first-order chi connectivity index (χ1) is 10.0. The highest BCUT2D eigenvalue weighted by Gasteiger charge is 2.44. The van der Waals surface area contributed by atoms with Crippen LogP contribution < -0.4 is 14.8 Å². The number of carbonyl (C=O) groups is 2. The highest BCUT2D eigenvalue weighted by Crippen LogP contribution is 2.26. The highest BCUT2D eigenvalue weighted by molar-refractivity contribution is 6.00. The van der Waals surface area contributed by atoms with Crippen LogP contribution in [0, 0.1) is 0 Å². The minimum absolute atomic E-state index is 0.0491. The molecule has 1 saturated heterocycles. The Balaban J connectivity index is 2.26. The zero-order valence-corrected chi connectivity index (χ0v) is 11.8. The van der Waals surface area contributed by atoms with Crippen molar-refractivity contribution in [3.8, 4) is 11.5 Å². The third-order valence-electron chi connectivity index (χ3n) is 3.44. The third kappa shape index (κ3) is 2.92. The fourth-order valence-electron chi connectivity index (χ4n) is 2.16. The van der Waals surface area contributed by atoms with Crippen molar-refractivity contribution < 1.29 is 28.9 Å². The number of rotatable bonds is 5. The van der Waals surface area contributed by atoms with Gasteiger partial charge in [0.25, 0.3) is 5.91 Å². The number of carbonyl (C=O) groups excluding carboxylic acids is 1. The van der Waals surface area contributed by atoms with Gasteiger partial charge < -0.3 is 24.6 Å². The summed E-state index contributed by atoms with van der Waals surface area (Å²) in [5, 5.41) is 11.9. The summed E-state index contributed by atoms with van der Waals surface area (Å²) in [7, 11) is 2.93. The van der Waals surface area contributed by atoms with Gasteiger partial charge >= 0.3 is 5.97 Å². The van der Waals surface area contributed by atoms with Gasteiger partial charge in [0.05, 0.1) is 26.4 Å². The van der Waals surface area contributed by atoms with Crippen molar-refractivity contribution in [2.45, 2.75) is 12.0 Å². The van der Waals surface area contributed by atoms with E-state index in [-0.39, 0.29) is 18.6 Å². The summed E-state index contributed by atoms with van der Waals surface area (Å²) in [6.45, 7) is 0.249. The molecule has 2 N–H and O–H groups in total. The number of ether oxygens (including phenoxy) is 3. The summed E-state index contributed by atoms with van der Waals surface area (Å²) in [6, 6.07) is 4.70. The van der Waals surface area contributed by atoms with Crippen molar-refractivity contribution in [1.29, 1.82) is 0 Å². The van der Waals surface area contributed by atoms with Crippen molar-refractivity contribution in [3.05, 3.63) is 23.8 Å². The second-order valence-electron chi connectivity index (χ2n) is 4.71. The number of nitrogens with one attached hydrogen (secondary N) is 1. The molecule has 1 aromatic carbocycles. The summed E-state index contributed by atoms with van der Waals surface area (Å²) in [4.78, 5) is 23.7. The van der Waals surface area contributed by atoms with Crippen molar-refractivity contribution in [2.24, 2.45) is 0 Å². The molecule has 114 valence electrons. The van der Waals surface area contributed by atoms with E-state index in [1.54, 1.807) is 12.1 Å². The predicted octanol–water partition coefficient (Wildman–Crippen LogP) is 0.677. The quantitative estimate of drug-likeness (QED) is 0.829. The molecule has 1 heterocycles. The predicted molar refractivity (Wildman–Crippen MR) is 72.8 cm³/mol. The molecular formula is C14H17NO6. The standard InChI is InChI=1S/C14H17NO6/c1-19-9-3-4-10(11(7-9)20-2)12(16)15-14(13(17)18)5-6-21-8-14/h3-4,7H,5-6,8H2,1-2H3,(H,15,16)(H,17,18). The van der Waals surface area contributed by atoms with Crippen LogP contribution in [0.1, 0.15) is 16.8 Å². The third-order valence-corrected chi connectivity index (χ3v) is 3.44. The average molecular weight is 295 g/mol. The number of carboxylic acid groups (broad SMARTS) is 1. The smallest absolute Gasteiger partial charge is 0.331 e. The normalized spacial score (nSPS) is 20.9. The summed E-state index contributed by atoms with van der Waals surface area (Å²) >= 11 is 0. The fourth-order valence-corrected chi connectivity index (χ4v) is 2.16. The molecule has 1 unspecified atom stereocenters. The van der Waals surface area contributed by atoms with Crippen LogP contribution >= 0.6 is 0 Å². The minimum atomic E-state index is -1.39. The molecule has 1 amide bonds. The zero-order valence-electron chi connectivity index (χ0n) is 11.8. The molecule has 0 aromatic heterocycles. The summed E-state index contributed by atoms with van der Waals surface area (Å²) in [5.41, 5.74) is -1.15. The van der Waals surface area contributed by atoms with E-state index in [9.17, 15) is 14.7 Å². The van der Waals surface area contributed by atoms with Gasteiger partial charge in [-0.05, 0) is 12.1 Å². The lowest BCUT2D eigenvalue weighted by atomic mass is 9.98. The number of carboxylic acids is 1. The van der Waals surface area contributed by atoms with E-state index in [0.29, 0.717) is 18.1 Å². The maximum Gasteiger partial charge on any atom is 0.331 e. The summed E-state index contributed by atoms with van der Waals surface area (Å²) in [6.07, 6.45) is 0.229. The minimum Gasteiger partial charge on any atom is -0.497 e. The van der Waals surface area contributed by atoms with Gasteiger partial charge in [-0.25, -0.2) is 4.79 Å². The van der Waals surface area contributed by atoms with Gasteiger partial charge in [0.1, 0.15) is 11.5 Å². The Hall–Kier alpha value is -2.28. The number of benzene rings is 1. The molecule has 0 radical (unpaired) electrons. The van der Waals surface area contributed by atoms with Gasteiger partial charge in [-0.1, -0.05) is 0 Å². The lowest BCUT2D eigenvalue weighted by molar-refractivity contribution is -0.144. The first-order valence-corrected chi connectivity index (χ1v) is 6.38. The first-order valence-electron chi connectivity index (χ1n) is 6.38. The molecule has 1 aliphatic heterocycles. The second kappa shape index (κ2) is 6.01. The molecule has 21 heavy (non-hydrogen) atoms. The van der Waals surface area contributed by atoms with Crippen molar-refractivity contribution in [1.82, 2.24) is 5.32 Å². The van der Waals surface area contributed by atoms with Gasteiger partial charge in [0.15, 0.2) is 5.54 Å². The van der Waals surface area contributed by atoms with Gasteiger partial charge in [0.2, 0.25) is 0 Å². The molecule has 0 saturated carbocycles. The molecule has 2 rings (SSSR count). The Morgan fingerprint density at radius 1 is 1.33 bits per heavy atom. The van der Waals surface area contributed by atoms with Gasteiger partial charge in [-0.15, -0.1) is 0 Å². The molecule has 1 fully saturated rings. The van der Waals surface area contributed by atoms with E-state index in [0.717, 1.165) is 0 Å². The lowest BCUT2D eigenvalue weighted by Gasteiger charge is -2.24. The topological polar surface area (TPSA) is 94.1 Å². The molecule has 1 atom stereocenters. The zero-order chi connectivity index (χ0) is 15.5. The van der Waals surface area contributed by atoms with E-state index >= 15 is 0 Å². The highest BCUT2D eigenvalue weighted by atomic mass is 16.5. The Morgan fingerprint density at radius 2 is 2.10 bits per heavy atom. The SMILES string of the molecule is COc1ccc(C(=O)NC2(C(=O)O)CCOC2)c(OC)c1. The van der Waals surface area contributed by atoms with E-state index in [1.807, 2.05) is 0 Å². The van der Waals surface area contributed by atoms with Gasteiger partial charge in [-0.3, -0.25) is 4.79 Å². The van der Waals surface area contributed by atoms with Crippen LogP contribution in [-0.2, 0) is 9.53 Å². The Kier molecular flexibility index (Phi) is 4.32. The van der Waals surface area contributed by atoms with Gasteiger partial charge in [-0.2, -0.15) is 0 Å². The molecule has 7 nitrogen and oxygen atoms in total. The Morgan fingerprint density at radius 3 is 2.62 bits per heavy atom. The number of methoxy groups -OCH3 is 2. The molecule has 0 bridgehead atoms. The maximum atomic E-state index is 12.3. The molecule has 1 aromatic rings. The first kappa shape index (κ1) is 15.1. The lowest BCUT2D eigenvalue weighted by Crippen LogP contribution is -2.55. The number of hydrogen-bond acceptors (Lipinski definition) is 5. The van der Waals surface area contributed by atoms with Gasteiger partial charge in [0, 0.05) is 19.1 Å². The van der Waals surface area contributed by atoms with Crippen LogP contribution in [0.2, 0.25) is 0 Å². The number of hydrogen-bond donors (Lipinski definition) is 2. The van der Waals surface area contributed by atoms with E-state index in [2.05, 4.69) is 5.32 Å². The van der Waals surface area contributed by atoms with Crippen LogP contribution in [0.25, 0.3) is 0 Å². The number of amides is 1. The monoisotopic (exact) mass is 295 g/mol. The van der Waals surface area contributed by atoms with E-state index in [1.165, 1.54) is 20.3 Å². The van der Waals surface area contributed by atoms with Crippen LogP contribution in [-0.4, -0.2) is 50.0 Å². The van der Waals surface area contributed by atoms with Crippen molar-refractivity contribution in [3.63, 3.8) is 0 Å². The van der Waals surface area contributed by atoms with Crippen LogP contribution in [0.15, 0.2) is 18.2 Å². The van der Waals surface area contributed by atoms with Crippen molar-refractivity contribution >= 4 is 11.9 Å². The van der Waals surface area contributed by atoms with E-state index in [4.69, 9.17) is 14.2 Å². The van der Waals surface area contributed by atoms with Crippen LogP contribution in [0.4, 0.5) is 0 Å². The molecule has 0 aliphatic carbocycles. The maximum absolute atomic E-state index is 12.3. The van der Waals surface area contributed by atoms with Crippen LogP contribution in [0.3, 0.4) is 0 Å². The van der Waals surface area contributed by atoms with Crippen LogP contribution in [0.5, 0.6) is 11.5 Å². The van der Waals surface area contributed by atoms with Crippen molar-refractivity contribution in [2.75, 3.05) is 27.4 Å². The summed E-state index contributed by atoms with van der Waals surface area (Å²) in [5.74, 6) is -0.782.